The van der Waals surface area contributed by atoms with Crippen molar-refractivity contribution >= 4 is 5.97 Å². The van der Waals surface area contributed by atoms with Crippen molar-refractivity contribution in [2.75, 3.05) is 13.7 Å². The fourth-order valence-electron chi connectivity index (χ4n) is 2.95. The molecule has 1 saturated heterocycles. The maximum atomic E-state index is 11.9. The van der Waals surface area contributed by atoms with Crippen LogP contribution in [0.1, 0.15) is 39.0 Å². The van der Waals surface area contributed by atoms with Gasteiger partial charge < -0.3 is 9.47 Å². The van der Waals surface area contributed by atoms with Crippen molar-refractivity contribution < 1.29 is 14.3 Å². The molecular weight excluding hydrogens is 192 g/mol. The lowest BCUT2D eigenvalue weighted by atomic mass is 9.67. The lowest BCUT2D eigenvalue weighted by molar-refractivity contribution is -0.156. The van der Waals surface area contributed by atoms with Crippen molar-refractivity contribution in [1.29, 1.82) is 0 Å². The largest absolute Gasteiger partial charge is 0.469 e. The predicted octanol–water partition coefficient (Wildman–Crippen LogP) is 2.14. The number of hydrogen-bond acceptors (Lipinski definition) is 3. The number of hydrogen-bond donors (Lipinski definition) is 0. The number of methoxy groups -OCH3 is 1. The summed E-state index contributed by atoms with van der Waals surface area (Å²) in [4.78, 5) is 11.9. The van der Waals surface area contributed by atoms with E-state index in [1.54, 1.807) is 0 Å². The van der Waals surface area contributed by atoms with Gasteiger partial charge in [0.2, 0.25) is 0 Å². The van der Waals surface area contributed by atoms with Gasteiger partial charge in [-0.3, -0.25) is 4.79 Å². The second-order valence-electron chi connectivity index (χ2n) is 5.13. The minimum Gasteiger partial charge on any atom is -0.469 e. The molecule has 2 aliphatic rings. The van der Waals surface area contributed by atoms with Gasteiger partial charge in [-0.25, -0.2) is 0 Å². The van der Waals surface area contributed by atoms with Crippen molar-refractivity contribution in [1.82, 2.24) is 0 Å². The lowest BCUT2D eigenvalue weighted by Crippen LogP contribution is -2.38. The van der Waals surface area contributed by atoms with Crippen LogP contribution in [0.25, 0.3) is 0 Å². The Labute approximate surface area is 91.1 Å². The van der Waals surface area contributed by atoms with E-state index in [1.165, 1.54) is 13.5 Å². The average molecular weight is 212 g/mol. The number of carbonyl (C=O) groups excluding carboxylic acids is 1. The molecular formula is C12H20O3. The summed E-state index contributed by atoms with van der Waals surface area (Å²) in [6, 6.07) is 0. The van der Waals surface area contributed by atoms with E-state index in [0.29, 0.717) is 12.0 Å². The molecule has 0 amide bonds. The van der Waals surface area contributed by atoms with Gasteiger partial charge in [0.05, 0.1) is 25.2 Å². The number of epoxide rings is 1. The first kappa shape index (κ1) is 10.9. The van der Waals surface area contributed by atoms with Gasteiger partial charge in [0.15, 0.2) is 0 Å². The average Bonchev–Trinajstić information content (AvgIpc) is 3.00. The summed E-state index contributed by atoms with van der Waals surface area (Å²) >= 11 is 0. The van der Waals surface area contributed by atoms with Crippen LogP contribution in [-0.2, 0) is 14.3 Å². The van der Waals surface area contributed by atoms with Crippen LogP contribution in [-0.4, -0.2) is 25.8 Å². The second-order valence-corrected chi connectivity index (χ2v) is 5.13. The maximum Gasteiger partial charge on any atom is 0.311 e. The molecule has 3 unspecified atom stereocenters. The molecule has 86 valence electrons. The molecule has 1 heterocycles. The van der Waals surface area contributed by atoms with Gasteiger partial charge in [0.1, 0.15) is 0 Å². The second kappa shape index (κ2) is 4.12. The Morgan fingerprint density at radius 1 is 1.60 bits per heavy atom. The monoisotopic (exact) mass is 212 g/mol. The van der Waals surface area contributed by atoms with Crippen LogP contribution in [0.4, 0.5) is 0 Å². The summed E-state index contributed by atoms with van der Waals surface area (Å²) in [5, 5.41) is 0. The van der Waals surface area contributed by atoms with Crippen LogP contribution in [0.15, 0.2) is 0 Å². The Balaban J connectivity index is 2.08. The molecule has 1 aliphatic carbocycles. The third kappa shape index (κ3) is 2.33. The molecule has 0 N–H and O–H groups in total. The molecule has 0 aromatic carbocycles. The SMILES string of the molecule is COC(=O)C1(CC2CO2)CCCC(C)C1. The molecule has 3 nitrogen and oxygen atoms in total. The van der Waals surface area contributed by atoms with Crippen molar-refractivity contribution in [2.24, 2.45) is 11.3 Å². The third-order valence-electron chi connectivity index (χ3n) is 3.73. The fraction of sp³-hybridized carbons (Fsp3) is 0.917. The van der Waals surface area contributed by atoms with E-state index in [-0.39, 0.29) is 11.4 Å². The number of carbonyl (C=O) groups is 1. The molecule has 0 spiro atoms. The van der Waals surface area contributed by atoms with Gasteiger partial charge in [0, 0.05) is 0 Å². The zero-order valence-electron chi connectivity index (χ0n) is 9.62. The highest BCUT2D eigenvalue weighted by molar-refractivity contribution is 5.77. The van der Waals surface area contributed by atoms with Crippen LogP contribution in [0.5, 0.6) is 0 Å². The van der Waals surface area contributed by atoms with Crippen LogP contribution < -0.4 is 0 Å². The highest BCUT2D eigenvalue weighted by atomic mass is 16.6. The van der Waals surface area contributed by atoms with Crippen LogP contribution in [0, 0.1) is 11.3 Å². The van der Waals surface area contributed by atoms with Gasteiger partial charge >= 0.3 is 5.97 Å². The van der Waals surface area contributed by atoms with Gasteiger partial charge in [-0.1, -0.05) is 19.8 Å². The summed E-state index contributed by atoms with van der Waals surface area (Å²) in [6.45, 7) is 3.05. The van der Waals surface area contributed by atoms with E-state index < -0.39 is 0 Å². The summed E-state index contributed by atoms with van der Waals surface area (Å²) in [5.74, 6) is 0.612. The Morgan fingerprint density at radius 3 is 2.87 bits per heavy atom. The Kier molecular flexibility index (Phi) is 3.01. The number of rotatable bonds is 3. The minimum absolute atomic E-state index is 0.0236. The van der Waals surface area contributed by atoms with Gasteiger partial charge in [-0.15, -0.1) is 0 Å². The molecule has 15 heavy (non-hydrogen) atoms. The number of ether oxygens (including phenoxy) is 2. The van der Waals surface area contributed by atoms with Crippen molar-refractivity contribution in [3.8, 4) is 0 Å². The molecule has 0 radical (unpaired) electrons. The van der Waals surface area contributed by atoms with E-state index >= 15 is 0 Å². The smallest absolute Gasteiger partial charge is 0.311 e. The topological polar surface area (TPSA) is 38.8 Å². The van der Waals surface area contributed by atoms with E-state index in [1.807, 2.05) is 0 Å². The Hall–Kier alpha value is -0.570. The van der Waals surface area contributed by atoms with Crippen molar-refractivity contribution in [3.63, 3.8) is 0 Å². The lowest BCUT2D eigenvalue weighted by Gasteiger charge is -2.37. The van der Waals surface area contributed by atoms with Gasteiger partial charge in [-0.2, -0.15) is 0 Å². The summed E-state index contributed by atoms with van der Waals surface area (Å²) in [6.07, 6.45) is 5.51. The van der Waals surface area contributed by atoms with Crippen LogP contribution in [0.2, 0.25) is 0 Å². The molecule has 1 saturated carbocycles. The maximum absolute atomic E-state index is 11.9. The molecule has 3 heteroatoms. The highest BCUT2D eigenvalue weighted by Gasteiger charge is 2.46. The summed E-state index contributed by atoms with van der Waals surface area (Å²) in [7, 11) is 1.50. The van der Waals surface area contributed by atoms with Gasteiger partial charge in [0.25, 0.3) is 0 Å². The molecule has 0 aromatic rings. The predicted molar refractivity (Wildman–Crippen MR) is 56.4 cm³/mol. The molecule has 1 aliphatic heterocycles. The van der Waals surface area contributed by atoms with E-state index in [2.05, 4.69) is 6.92 Å². The zero-order chi connectivity index (χ0) is 10.9. The third-order valence-corrected chi connectivity index (χ3v) is 3.73. The molecule has 0 bridgehead atoms. The van der Waals surface area contributed by atoms with Gasteiger partial charge in [-0.05, 0) is 25.2 Å². The first-order chi connectivity index (χ1) is 7.16. The van der Waals surface area contributed by atoms with Crippen LogP contribution in [0.3, 0.4) is 0 Å². The Bertz CT molecular complexity index is 243. The molecule has 2 rings (SSSR count). The summed E-state index contributed by atoms with van der Waals surface area (Å²) < 4.78 is 10.2. The van der Waals surface area contributed by atoms with Crippen molar-refractivity contribution in [3.05, 3.63) is 0 Å². The zero-order valence-corrected chi connectivity index (χ0v) is 9.62. The highest BCUT2D eigenvalue weighted by Crippen LogP contribution is 2.45. The fourth-order valence-corrected chi connectivity index (χ4v) is 2.95. The summed E-state index contributed by atoms with van der Waals surface area (Å²) in [5.41, 5.74) is -0.242. The Morgan fingerprint density at radius 2 is 2.33 bits per heavy atom. The first-order valence-electron chi connectivity index (χ1n) is 5.86. The van der Waals surface area contributed by atoms with E-state index in [4.69, 9.17) is 9.47 Å². The normalized spacial score (nSPS) is 39.9. The van der Waals surface area contributed by atoms with E-state index in [9.17, 15) is 4.79 Å². The number of esters is 1. The quantitative estimate of drug-likeness (QED) is 0.531. The van der Waals surface area contributed by atoms with Crippen molar-refractivity contribution in [2.45, 2.75) is 45.1 Å². The van der Waals surface area contributed by atoms with E-state index in [0.717, 1.165) is 32.3 Å². The molecule has 0 aromatic heterocycles. The first-order valence-corrected chi connectivity index (χ1v) is 5.86. The standard InChI is InChI=1S/C12H20O3/c1-9-4-3-5-12(6-9,11(13)14-2)7-10-8-15-10/h9-10H,3-8H2,1-2H3. The molecule has 2 fully saturated rings. The minimum atomic E-state index is -0.242. The van der Waals surface area contributed by atoms with Crippen LogP contribution >= 0.6 is 0 Å². The molecule has 3 atom stereocenters.